The summed E-state index contributed by atoms with van der Waals surface area (Å²) in [4.78, 5) is 14.0. The van der Waals surface area contributed by atoms with Gasteiger partial charge in [-0.05, 0) is 35.4 Å². The van der Waals surface area contributed by atoms with Crippen molar-refractivity contribution in [3.63, 3.8) is 0 Å². The van der Waals surface area contributed by atoms with Crippen LogP contribution in [0.2, 0.25) is 0 Å². The number of nitrogens with one attached hydrogen (secondary N) is 1. The van der Waals surface area contributed by atoms with E-state index in [9.17, 15) is 18.5 Å². The normalized spacial score (nSPS) is 15.8. The van der Waals surface area contributed by atoms with E-state index in [0.29, 0.717) is 0 Å². The van der Waals surface area contributed by atoms with Crippen LogP contribution in [0.3, 0.4) is 0 Å². The predicted molar refractivity (Wildman–Crippen MR) is 129 cm³/mol. The Kier molecular flexibility index (Phi) is 5.07. The van der Waals surface area contributed by atoms with Crippen LogP contribution in [0.25, 0.3) is 23.1 Å². The van der Waals surface area contributed by atoms with Crippen molar-refractivity contribution in [2.45, 2.75) is 6.04 Å². The minimum atomic E-state index is -3.98. The molecule has 0 bridgehead atoms. The van der Waals surface area contributed by atoms with Gasteiger partial charge in [-0.2, -0.15) is 0 Å². The van der Waals surface area contributed by atoms with Crippen LogP contribution >= 0.6 is 0 Å². The molecule has 7 nitrogen and oxygen atoms in total. The lowest BCUT2D eigenvalue weighted by molar-refractivity contribution is -0.385. The summed E-state index contributed by atoms with van der Waals surface area (Å²) >= 11 is 0. The van der Waals surface area contributed by atoms with Crippen molar-refractivity contribution >= 4 is 38.8 Å². The third-order valence-corrected chi connectivity index (χ3v) is 7.11. The highest BCUT2D eigenvalue weighted by atomic mass is 32.2. The fourth-order valence-corrected chi connectivity index (χ4v) is 5.38. The lowest BCUT2D eigenvalue weighted by Gasteiger charge is -2.33. The Labute approximate surface area is 190 Å². The smallest absolute Gasteiger partial charge is 0.276 e. The molecule has 0 amide bonds. The van der Waals surface area contributed by atoms with E-state index in [1.807, 2.05) is 54.7 Å². The Hall–Kier alpha value is -4.17. The average molecular weight is 458 g/mol. The minimum absolute atomic E-state index is 0.156. The summed E-state index contributed by atoms with van der Waals surface area (Å²) < 4.78 is 28.3. The maximum absolute atomic E-state index is 13.5. The number of hydrogen-bond donors (Lipinski definition) is 1. The second kappa shape index (κ2) is 8.07. The predicted octanol–water partition coefficient (Wildman–Crippen LogP) is 5.45. The highest BCUT2D eigenvalue weighted by Gasteiger charge is 2.33. The lowest BCUT2D eigenvalue weighted by atomic mass is 9.92. The van der Waals surface area contributed by atoms with Gasteiger partial charge in [0.15, 0.2) is 0 Å². The van der Waals surface area contributed by atoms with Gasteiger partial charge in [0.1, 0.15) is 0 Å². The molecular formula is C25H19N3O4S. The second-order valence-electron chi connectivity index (χ2n) is 7.63. The number of para-hydroxylation sites is 2. The number of H-pyrrole nitrogens is 1. The van der Waals surface area contributed by atoms with E-state index in [0.717, 1.165) is 33.0 Å². The first-order chi connectivity index (χ1) is 16.0. The number of benzene rings is 3. The molecule has 3 aromatic carbocycles. The van der Waals surface area contributed by atoms with Crippen LogP contribution < -0.4 is 0 Å². The number of hydrogen-bond acceptors (Lipinski definition) is 4. The van der Waals surface area contributed by atoms with Crippen molar-refractivity contribution in [1.82, 2.24) is 9.29 Å². The van der Waals surface area contributed by atoms with Gasteiger partial charge in [0.05, 0.1) is 21.9 Å². The van der Waals surface area contributed by atoms with Crippen molar-refractivity contribution < 1.29 is 13.3 Å². The largest absolute Gasteiger partial charge is 0.361 e. The summed E-state index contributed by atoms with van der Waals surface area (Å²) in [7, 11) is -3.98. The van der Waals surface area contributed by atoms with Gasteiger partial charge in [0, 0.05) is 34.9 Å². The lowest BCUT2D eigenvalue weighted by Crippen LogP contribution is -2.31. The average Bonchev–Trinajstić information content (AvgIpc) is 3.26. The molecule has 1 atom stereocenters. The molecule has 8 heteroatoms. The molecule has 0 saturated carbocycles. The first-order valence-corrected chi connectivity index (χ1v) is 11.7. The molecule has 5 rings (SSSR count). The van der Waals surface area contributed by atoms with Gasteiger partial charge in [-0.15, -0.1) is 0 Å². The van der Waals surface area contributed by atoms with Crippen molar-refractivity contribution in [2.24, 2.45) is 0 Å². The number of fused-ring (bicyclic) bond motifs is 2. The van der Waals surface area contributed by atoms with Crippen molar-refractivity contribution in [2.75, 3.05) is 0 Å². The summed E-state index contributed by atoms with van der Waals surface area (Å²) in [5.41, 5.74) is 3.58. The van der Waals surface area contributed by atoms with E-state index in [2.05, 4.69) is 4.98 Å². The number of sulfonamides is 1. The first-order valence-electron chi connectivity index (χ1n) is 10.2. The number of rotatable bonds is 5. The monoisotopic (exact) mass is 457 g/mol. The Morgan fingerprint density at radius 2 is 1.67 bits per heavy atom. The van der Waals surface area contributed by atoms with Gasteiger partial charge in [-0.1, -0.05) is 54.6 Å². The van der Waals surface area contributed by atoms with Crippen molar-refractivity contribution in [1.29, 1.82) is 0 Å². The fourth-order valence-electron chi connectivity index (χ4n) is 4.17. The van der Waals surface area contributed by atoms with Crippen molar-refractivity contribution in [3.05, 3.63) is 123 Å². The Balaban J connectivity index is 1.62. The van der Waals surface area contributed by atoms with Gasteiger partial charge < -0.3 is 4.98 Å². The molecule has 1 aromatic heterocycles. The molecule has 0 aliphatic carbocycles. The summed E-state index contributed by atoms with van der Waals surface area (Å²) in [6, 6.07) is 20.8. The summed E-state index contributed by atoms with van der Waals surface area (Å²) in [6.45, 7) is 0. The van der Waals surface area contributed by atoms with Crippen LogP contribution in [0.15, 0.2) is 90.6 Å². The molecule has 33 heavy (non-hydrogen) atoms. The van der Waals surface area contributed by atoms with Gasteiger partial charge in [-0.25, -0.2) is 8.42 Å². The molecule has 1 aliphatic heterocycles. The maximum Gasteiger partial charge on any atom is 0.276 e. The second-order valence-corrected chi connectivity index (χ2v) is 9.35. The molecule has 2 heterocycles. The highest BCUT2D eigenvalue weighted by molar-refractivity contribution is 7.92. The molecule has 0 fully saturated rings. The van der Waals surface area contributed by atoms with Crippen LogP contribution in [0.4, 0.5) is 5.69 Å². The Morgan fingerprint density at radius 3 is 2.52 bits per heavy atom. The van der Waals surface area contributed by atoms with Gasteiger partial charge in [0.25, 0.3) is 15.7 Å². The molecule has 4 aromatic rings. The molecule has 1 N–H and O–H groups in total. The van der Waals surface area contributed by atoms with E-state index in [1.165, 1.54) is 22.5 Å². The molecule has 0 unspecified atom stereocenters. The third-order valence-electron chi connectivity index (χ3n) is 5.71. The fraction of sp³-hybridized carbons (Fsp3) is 0.0400. The number of nitro benzene ring substituents is 1. The zero-order valence-corrected chi connectivity index (χ0v) is 18.1. The van der Waals surface area contributed by atoms with E-state index in [-0.39, 0.29) is 11.3 Å². The van der Waals surface area contributed by atoms with Gasteiger partial charge in [0.2, 0.25) is 0 Å². The minimum Gasteiger partial charge on any atom is -0.361 e. The number of aromatic nitrogens is 1. The standard InChI is InChI=1S/C25H19N3O4S/c29-28(30)24-12-6-2-8-19(24)14-16-33(31,32)27-15-13-18-7-1-3-9-20(18)25(27)22-17-26-23-11-5-4-10-21(22)23/h1-17,25-26H/b16-14+/t25-/m0/s1. The molecule has 0 spiro atoms. The van der Waals surface area contributed by atoms with E-state index in [1.54, 1.807) is 24.4 Å². The zero-order valence-electron chi connectivity index (χ0n) is 17.3. The maximum atomic E-state index is 13.5. The van der Waals surface area contributed by atoms with Crippen LogP contribution in [-0.2, 0) is 10.0 Å². The van der Waals surface area contributed by atoms with Crippen molar-refractivity contribution in [3.8, 4) is 0 Å². The SMILES string of the molecule is O=[N+]([O-])c1ccccc1/C=C/S(=O)(=O)N1C=Cc2ccccc2[C@H]1c1c[nH]c2ccccc12. The summed E-state index contributed by atoms with van der Waals surface area (Å²) in [5, 5.41) is 13.3. The first kappa shape index (κ1) is 20.7. The van der Waals surface area contributed by atoms with Crippen LogP contribution in [0, 0.1) is 10.1 Å². The zero-order chi connectivity index (χ0) is 23.0. The third kappa shape index (κ3) is 3.70. The number of nitrogens with zero attached hydrogens (tertiary/aromatic N) is 2. The quantitative estimate of drug-likeness (QED) is 0.318. The Bertz CT molecular complexity index is 1540. The summed E-state index contributed by atoms with van der Waals surface area (Å²) in [6.07, 6.45) is 6.42. The van der Waals surface area contributed by atoms with Gasteiger partial charge >= 0.3 is 0 Å². The topological polar surface area (TPSA) is 96.3 Å². The summed E-state index contributed by atoms with van der Waals surface area (Å²) in [5.74, 6) is 0. The van der Waals surface area contributed by atoms with E-state index < -0.39 is 21.0 Å². The Morgan fingerprint density at radius 1 is 0.939 bits per heavy atom. The molecule has 1 aliphatic rings. The molecule has 0 radical (unpaired) electrons. The van der Waals surface area contributed by atoms with Crippen LogP contribution in [-0.4, -0.2) is 22.6 Å². The number of nitro groups is 1. The highest BCUT2D eigenvalue weighted by Crippen LogP contribution is 2.40. The van der Waals surface area contributed by atoms with E-state index in [4.69, 9.17) is 0 Å². The number of aromatic amines is 1. The van der Waals surface area contributed by atoms with Gasteiger partial charge in [-0.3, -0.25) is 14.4 Å². The molecular weight excluding hydrogens is 438 g/mol. The van der Waals surface area contributed by atoms with Crippen LogP contribution in [0.1, 0.15) is 28.3 Å². The van der Waals surface area contributed by atoms with E-state index >= 15 is 0 Å². The van der Waals surface area contributed by atoms with Crippen LogP contribution in [0.5, 0.6) is 0 Å². The molecule has 0 saturated heterocycles. The molecule has 164 valence electrons.